The van der Waals surface area contributed by atoms with Gasteiger partial charge in [-0.25, -0.2) is 13.1 Å². The van der Waals surface area contributed by atoms with Gasteiger partial charge in [0.05, 0.1) is 6.61 Å². The number of sulfonamides is 1. The molecule has 0 aliphatic rings. The molecule has 0 fully saturated rings. The van der Waals surface area contributed by atoms with Gasteiger partial charge < -0.3 is 9.84 Å². The maximum Gasteiger partial charge on any atom is 0.242 e. The molecule has 0 bridgehead atoms. The van der Waals surface area contributed by atoms with Crippen LogP contribution >= 0.6 is 0 Å². The topological polar surface area (TPSA) is 88.5 Å². The van der Waals surface area contributed by atoms with Crippen molar-refractivity contribution in [2.75, 3.05) is 20.3 Å². The zero-order chi connectivity index (χ0) is 14.3. The zero-order valence-electron chi connectivity index (χ0n) is 10.8. The second-order valence-electron chi connectivity index (χ2n) is 3.85. The molecule has 0 aliphatic carbocycles. The largest absolute Gasteiger partial charge is 0.384 e. The summed E-state index contributed by atoms with van der Waals surface area (Å²) in [5.41, 5.74) is 0.427. The fourth-order valence-corrected chi connectivity index (χ4v) is 2.61. The zero-order valence-corrected chi connectivity index (χ0v) is 11.6. The Kier molecular flexibility index (Phi) is 5.92. The van der Waals surface area contributed by atoms with E-state index in [1.165, 1.54) is 25.6 Å². The van der Waals surface area contributed by atoms with E-state index in [1.54, 1.807) is 6.92 Å². The second kappa shape index (κ2) is 7.21. The number of aliphatic hydroxyl groups excluding tert-OH is 1. The molecular formula is C12H16N2O4S. The Labute approximate surface area is 112 Å². The molecule has 0 saturated heterocycles. The summed E-state index contributed by atoms with van der Waals surface area (Å²) >= 11 is 0. The standard InChI is InChI=1S/C12H16N2O4S/c1-10(9-18-2)14-19(16,17)12-6-11(4-3-5-15)7-13-8-12/h6-8,10,14-15H,5,9H2,1-2H3. The lowest BCUT2D eigenvalue weighted by Crippen LogP contribution is -2.35. The van der Waals surface area contributed by atoms with Gasteiger partial charge in [-0.2, -0.15) is 0 Å². The lowest BCUT2D eigenvalue weighted by molar-refractivity contribution is 0.180. The molecule has 6 nitrogen and oxygen atoms in total. The highest BCUT2D eigenvalue weighted by molar-refractivity contribution is 7.89. The summed E-state index contributed by atoms with van der Waals surface area (Å²) in [4.78, 5) is 3.85. The van der Waals surface area contributed by atoms with Crippen LogP contribution in [0, 0.1) is 11.8 Å². The van der Waals surface area contributed by atoms with Crippen LogP contribution in [0.3, 0.4) is 0 Å². The van der Waals surface area contributed by atoms with Crippen molar-refractivity contribution in [1.29, 1.82) is 0 Å². The van der Waals surface area contributed by atoms with Crippen molar-refractivity contribution >= 4 is 10.0 Å². The number of rotatable bonds is 5. The van der Waals surface area contributed by atoms with Gasteiger partial charge >= 0.3 is 0 Å². The Morgan fingerprint density at radius 3 is 2.89 bits per heavy atom. The predicted octanol–water partition coefficient (Wildman–Crippen LogP) is -0.261. The third-order valence-corrected chi connectivity index (χ3v) is 3.66. The Hall–Kier alpha value is -1.46. The van der Waals surface area contributed by atoms with E-state index in [9.17, 15) is 8.42 Å². The van der Waals surface area contributed by atoms with E-state index in [-0.39, 0.29) is 24.2 Å². The summed E-state index contributed by atoms with van der Waals surface area (Å²) in [5, 5.41) is 8.60. The average molecular weight is 284 g/mol. The summed E-state index contributed by atoms with van der Waals surface area (Å²) in [6.07, 6.45) is 2.67. The van der Waals surface area contributed by atoms with Crippen LogP contribution in [-0.4, -0.2) is 44.9 Å². The number of methoxy groups -OCH3 is 1. The fraction of sp³-hybridized carbons (Fsp3) is 0.417. The van der Waals surface area contributed by atoms with Gasteiger partial charge in [0.15, 0.2) is 0 Å². The van der Waals surface area contributed by atoms with Gasteiger partial charge in [-0.1, -0.05) is 11.8 Å². The van der Waals surface area contributed by atoms with E-state index >= 15 is 0 Å². The number of aromatic nitrogens is 1. The first kappa shape index (κ1) is 15.6. The van der Waals surface area contributed by atoms with E-state index in [0.29, 0.717) is 5.56 Å². The summed E-state index contributed by atoms with van der Waals surface area (Å²) in [5.74, 6) is 5.04. The van der Waals surface area contributed by atoms with Gasteiger partial charge in [0, 0.05) is 31.1 Å². The average Bonchev–Trinajstić information content (AvgIpc) is 2.36. The highest BCUT2D eigenvalue weighted by Crippen LogP contribution is 2.09. The van der Waals surface area contributed by atoms with Crippen LogP contribution in [0.2, 0.25) is 0 Å². The number of hydrogen-bond acceptors (Lipinski definition) is 5. The normalized spacial score (nSPS) is 12.6. The van der Waals surface area contributed by atoms with E-state index < -0.39 is 10.0 Å². The Morgan fingerprint density at radius 1 is 1.53 bits per heavy atom. The lowest BCUT2D eigenvalue weighted by atomic mass is 10.3. The first-order valence-corrected chi connectivity index (χ1v) is 7.04. The van der Waals surface area contributed by atoms with E-state index in [2.05, 4.69) is 21.5 Å². The van der Waals surface area contributed by atoms with Gasteiger partial charge in [0.25, 0.3) is 0 Å². The second-order valence-corrected chi connectivity index (χ2v) is 5.56. The molecular weight excluding hydrogens is 268 g/mol. The summed E-state index contributed by atoms with van der Waals surface area (Å²) < 4.78 is 31.4. The monoisotopic (exact) mass is 284 g/mol. The minimum absolute atomic E-state index is 0.0280. The minimum atomic E-state index is -3.65. The highest BCUT2D eigenvalue weighted by Gasteiger charge is 2.17. The molecule has 1 aromatic rings. The van der Waals surface area contributed by atoms with Crippen molar-refractivity contribution in [2.24, 2.45) is 0 Å². The Bertz CT molecular complexity index is 575. The number of pyridine rings is 1. The van der Waals surface area contributed by atoms with Crippen LogP contribution in [0.1, 0.15) is 12.5 Å². The lowest BCUT2D eigenvalue weighted by Gasteiger charge is -2.13. The van der Waals surface area contributed by atoms with Crippen LogP contribution in [0.25, 0.3) is 0 Å². The van der Waals surface area contributed by atoms with E-state index in [4.69, 9.17) is 9.84 Å². The smallest absolute Gasteiger partial charge is 0.242 e. The molecule has 7 heteroatoms. The predicted molar refractivity (Wildman–Crippen MR) is 69.9 cm³/mol. The van der Waals surface area contributed by atoms with Crippen molar-refractivity contribution in [3.8, 4) is 11.8 Å². The van der Waals surface area contributed by atoms with Crippen molar-refractivity contribution in [3.63, 3.8) is 0 Å². The van der Waals surface area contributed by atoms with Crippen LogP contribution in [-0.2, 0) is 14.8 Å². The third-order valence-electron chi connectivity index (χ3n) is 2.11. The summed E-state index contributed by atoms with van der Waals surface area (Å²) in [6.45, 7) is 1.68. The molecule has 1 unspecified atom stereocenters. The van der Waals surface area contributed by atoms with E-state index in [0.717, 1.165) is 0 Å². The van der Waals surface area contributed by atoms with Crippen molar-refractivity contribution in [2.45, 2.75) is 17.9 Å². The molecule has 1 atom stereocenters. The molecule has 1 aromatic heterocycles. The van der Waals surface area contributed by atoms with Crippen molar-refractivity contribution in [1.82, 2.24) is 9.71 Å². The molecule has 0 radical (unpaired) electrons. The number of aliphatic hydroxyl groups is 1. The number of nitrogens with one attached hydrogen (secondary N) is 1. The van der Waals surface area contributed by atoms with Crippen LogP contribution in [0.4, 0.5) is 0 Å². The molecule has 0 spiro atoms. The maximum absolute atomic E-state index is 12.0. The van der Waals surface area contributed by atoms with Crippen LogP contribution < -0.4 is 4.72 Å². The number of nitrogens with zero attached hydrogens (tertiary/aromatic N) is 1. The Morgan fingerprint density at radius 2 is 2.26 bits per heavy atom. The molecule has 104 valence electrons. The molecule has 2 N–H and O–H groups in total. The van der Waals surface area contributed by atoms with Crippen molar-refractivity contribution in [3.05, 3.63) is 24.0 Å². The molecule has 1 heterocycles. The van der Waals surface area contributed by atoms with Gasteiger partial charge in [0.1, 0.15) is 11.5 Å². The van der Waals surface area contributed by atoms with Gasteiger partial charge in [0.2, 0.25) is 10.0 Å². The molecule has 0 aromatic carbocycles. The highest BCUT2D eigenvalue weighted by atomic mass is 32.2. The quantitative estimate of drug-likeness (QED) is 0.727. The fourth-order valence-electron chi connectivity index (χ4n) is 1.39. The van der Waals surface area contributed by atoms with Gasteiger partial charge in [-0.05, 0) is 13.0 Å². The summed E-state index contributed by atoms with van der Waals surface area (Å²) in [6, 6.07) is 1.06. The van der Waals surface area contributed by atoms with Crippen LogP contribution in [0.15, 0.2) is 23.4 Å². The van der Waals surface area contributed by atoms with Crippen molar-refractivity contribution < 1.29 is 18.3 Å². The molecule has 19 heavy (non-hydrogen) atoms. The van der Waals surface area contributed by atoms with Crippen LogP contribution in [0.5, 0.6) is 0 Å². The molecule has 0 saturated carbocycles. The first-order chi connectivity index (χ1) is 8.99. The van der Waals surface area contributed by atoms with Gasteiger partial charge in [-0.3, -0.25) is 4.98 Å². The third kappa shape index (κ3) is 4.96. The number of ether oxygens (including phenoxy) is 1. The maximum atomic E-state index is 12.0. The SMILES string of the molecule is COCC(C)NS(=O)(=O)c1cncc(C#CCO)c1. The molecule has 0 aliphatic heterocycles. The first-order valence-electron chi connectivity index (χ1n) is 5.55. The Balaban J connectivity index is 2.95. The molecule has 1 rings (SSSR count). The molecule has 0 amide bonds. The minimum Gasteiger partial charge on any atom is -0.384 e. The summed E-state index contributed by atoms with van der Waals surface area (Å²) in [7, 11) is -2.15. The van der Waals surface area contributed by atoms with Gasteiger partial charge in [-0.15, -0.1) is 0 Å². The van der Waals surface area contributed by atoms with E-state index in [1.807, 2.05) is 0 Å². The number of hydrogen-bond donors (Lipinski definition) is 2.